The molecular formula is C27H26ClN7O4. The molecule has 5 N–H and O–H groups in total. The minimum atomic E-state index is -1.17. The van der Waals surface area contributed by atoms with Gasteiger partial charge in [-0.05, 0) is 63.2 Å². The normalized spacial score (nSPS) is 16.2. The quantitative estimate of drug-likeness (QED) is 0.217. The third-order valence-electron chi connectivity index (χ3n) is 5.50. The van der Waals surface area contributed by atoms with E-state index in [4.69, 9.17) is 21.3 Å². The van der Waals surface area contributed by atoms with Gasteiger partial charge in [0.15, 0.2) is 11.9 Å². The van der Waals surface area contributed by atoms with Crippen molar-refractivity contribution in [2.45, 2.75) is 32.6 Å². The summed E-state index contributed by atoms with van der Waals surface area (Å²) < 4.78 is 7.08. The first-order valence-electron chi connectivity index (χ1n) is 12.0. The number of aliphatic hydroxyl groups excluding tert-OH is 1. The lowest BCUT2D eigenvalue weighted by Gasteiger charge is -2.19. The molecular weight excluding hydrogens is 522 g/mol. The maximum absolute atomic E-state index is 12.6. The molecule has 0 radical (unpaired) electrons. The van der Waals surface area contributed by atoms with E-state index in [-0.39, 0.29) is 5.70 Å². The third-order valence-corrected chi connectivity index (χ3v) is 5.73. The van der Waals surface area contributed by atoms with Crippen LogP contribution in [-0.2, 0) is 4.74 Å². The Labute approximate surface area is 228 Å². The fourth-order valence-electron chi connectivity index (χ4n) is 3.88. The standard InChI is InChI=1S/C27H26ClN7O4/c1-27(2,3)39-25(37)15-6-4-8-18(10-15)31-22-13-21(30-19-9-5-7-17(28)12-19)33-23-16(14-29-35(22)23)11-20-24(36)34-26(38)32-20/h4-14,24,31,36H,1-3H3,(H,30,33)(H2,32,34,38)/b20-11-. The Kier molecular flexibility index (Phi) is 6.85. The number of nitrogens with zero attached hydrogens (tertiary/aromatic N) is 3. The minimum Gasteiger partial charge on any atom is -0.456 e. The largest absolute Gasteiger partial charge is 0.456 e. The van der Waals surface area contributed by atoms with Crippen LogP contribution >= 0.6 is 11.6 Å². The Morgan fingerprint density at radius 1 is 1.13 bits per heavy atom. The Morgan fingerprint density at radius 3 is 2.56 bits per heavy atom. The number of carbonyl (C=O) groups excluding carboxylic acids is 2. The van der Waals surface area contributed by atoms with Gasteiger partial charge in [-0.2, -0.15) is 9.61 Å². The molecule has 1 fully saturated rings. The zero-order valence-corrected chi connectivity index (χ0v) is 22.1. The summed E-state index contributed by atoms with van der Waals surface area (Å²) in [5.74, 6) is 0.572. The number of fused-ring (bicyclic) bond motifs is 1. The first-order chi connectivity index (χ1) is 18.5. The molecule has 39 heavy (non-hydrogen) atoms. The van der Waals surface area contributed by atoms with E-state index >= 15 is 0 Å². The smallest absolute Gasteiger partial charge is 0.338 e. The lowest BCUT2D eigenvalue weighted by atomic mass is 10.1. The predicted octanol–water partition coefficient (Wildman–Crippen LogP) is 4.80. The molecule has 2 aromatic carbocycles. The Morgan fingerprint density at radius 2 is 1.87 bits per heavy atom. The Balaban J connectivity index is 1.54. The Hall–Kier alpha value is -4.61. The van der Waals surface area contributed by atoms with Gasteiger partial charge in [0.2, 0.25) is 0 Å². The Bertz CT molecular complexity index is 1610. The maximum Gasteiger partial charge on any atom is 0.338 e. The number of benzene rings is 2. The number of esters is 1. The van der Waals surface area contributed by atoms with Crippen LogP contribution in [0.2, 0.25) is 5.02 Å². The van der Waals surface area contributed by atoms with Crippen molar-refractivity contribution in [1.29, 1.82) is 0 Å². The molecule has 1 atom stereocenters. The van der Waals surface area contributed by atoms with Crippen LogP contribution in [0.25, 0.3) is 11.7 Å². The topological polar surface area (TPSA) is 142 Å². The second-order valence-electron chi connectivity index (χ2n) is 9.81. The number of carbonyl (C=O) groups is 2. The van der Waals surface area contributed by atoms with E-state index in [1.165, 1.54) is 0 Å². The van der Waals surface area contributed by atoms with Crippen LogP contribution in [0.4, 0.5) is 27.8 Å². The highest BCUT2D eigenvalue weighted by atomic mass is 35.5. The molecule has 4 aromatic rings. The zero-order valence-electron chi connectivity index (χ0n) is 21.3. The summed E-state index contributed by atoms with van der Waals surface area (Å²) in [4.78, 5) is 29.0. The molecule has 0 spiro atoms. The number of aromatic nitrogens is 3. The summed E-state index contributed by atoms with van der Waals surface area (Å²) in [5.41, 5.74) is 2.37. The molecule has 1 unspecified atom stereocenters. The number of rotatable bonds is 6. The van der Waals surface area contributed by atoms with Gasteiger partial charge in [0.25, 0.3) is 0 Å². The number of anilines is 4. The van der Waals surface area contributed by atoms with E-state index in [1.807, 2.05) is 39.0 Å². The van der Waals surface area contributed by atoms with Crippen LogP contribution in [0.5, 0.6) is 0 Å². The average molecular weight is 548 g/mol. The van der Waals surface area contributed by atoms with Crippen molar-refractivity contribution in [3.05, 3.63) is 82.6 Å². The number of amides is 2. The summed E-state index contributed by atoms with van der Waals surface area (Å²) in [6.07, 6.45) is 1.99. The minimum absolute atomic E-state index is 0.268. The highest BCUT2D eigenvalue weighted by Gasteiger charge is 2.24. The number of urea groups is 1. The second kappa shape index (κ2) is 10.3. The van der Waals surface area contributed by atoms with Crippen LogP contribution in [-0.4, -0.2) is 43.5 Å². The molecule has 200 valence electrons. The third kappa shape index (κ3) is 6.11. The zero-order chi connectivity index (χ0) is 27.7. The van der Waals surface area contributed by atoms with Crippen molar-refractivity contribution >= 4 is 58.3 Å². The van der Waals surface area contributed by atoms with Crippen molar-refractivity contribution in [2.75, 3.05) is 10.6 Å². The first kappa shape index (κ1) is 26.0. The average Bonchev–Trinajstić information content (AvgIpc) is 3.40. The summed E-state index contributed by atoms with van der Waals surface area (Å²) in [6.45, 7) is 5.43. The van der Waals surface area contributed by atoms with Crippen molar-refractivity contribution in [2.24, 2.45) is 0 Å². The molecule has 0 bridgehead atoms. The van der Waals surface area contributed by atoms with Crippen molar-refractivity contribution in [3.63, 3.8) is 0 Å². The summed E-state index contributed by atoms with van der Waals surface area (Å²) in [7, 11) is 0. The molecule has 1 saturated heterocycles. The van der Waals surface area contributed by atoms with Gasteiger partial charge in [-0.25, -0.2) is 14.6 Å². The van der Waals surface area contributed by atoms with Gasteiger partial charge in [0.1, 0.15) is 17.2 Å². The van der Waals surface area contributed by atoms with E-state index in [2.05, 4.69) is 26.4 Å². The van der Waals surface area contributed by atoms with Crippen molar-refractivity contribution < 1.29 is 19.4 Å². The van der Waals surface area contributed by atoms with Crippen LogP contribution in [0.1, 0.15) is 36.7 Å². The summed E-state index contributed by atoms with van der Waals surface area (Å²) in [6, 6.07) is 15.4. The number of nitrogens with one attached hydrogen (secondary N) is 4. The summed E-state index contributed by atoms with van der Waals surface area (Å²) >= 11 is 6.16. The van der Waals surface area contributed by atoms with Gasteiger partial charge >= 0.3 is 12.0 Å². The van der Waals surface area contributed by atoms with Crippen molar-refractivity contribution in [1.82, 2.24) is 25.2 Å². The van der Waals surface area contributed by atoms with Gasteiger partial charge in [-0.3, -0.25) is 0 Å². The van der Waals surface area contributed by atoms with Crippen molar-refractivity contribution in [3.8, 4) is 0 Å². The van der Waals surface area contributed by atoms with E-state index in [0.29, 0.717) is 39.1 Å². The predicted molar refractivity (Wildman–Crippen MR) is 148 cm³/mol. The fraction of sp³-hybridized carbons (Fsp3) is 0.185. The monoisotopic (exact) mass is 547 g/mol. The first-order valence-corrected chi connectivity index (χ1v) is 12.4. The summed E-state index contributed by atoms with van der Waals surface area (Å²) in [5, 5.41) is 26.6. The van der Waals surface area contributed by atoms with Gasteiger partial charge < -0.3 is 31.1 Å². The van der Waals surface area contributed by atoms with E-state index in [1.54, 1.807) is 53.2 Å². The molecule has 1 aliphatic heterocycles. The number of halogens is 1. The molecule has 3 heterocycles. The maximum atomic E-state index is 12.6. The van der Waals surface area contributed by atoms with Crippen LogP contribution in [0.3, 0.4) is 0 Å². The number of hydrogen-bond acceptors (Lipinski definition) is 8. The highest BCUT2D eigenvalue weighted by molar-refractivity contribution is 6.30. The molecule has 0 aliphatic carbocycles. The van der Waals surface area contributed by atoms with Gasteiger partial charge in [0, 0.05) is 28.0 Å². The second-order valence-corrected chi connectivity index (χ2v) is 10.2. The van der Waals surface area contributed by atoms with Crippen LogP contribution < -0.4 is 21.3 Å². The number of ether oxygens (including phenoxy) is 1. The fourth-order valence-corrected chi connectivity index (χ4v) is 4.07. The molecule has 2 aromatic heterocycles. The SMILES string of the molecule is CC(C)(C)OC(=O)c1cccc(Nc2cc(Nc3cccc(Cl)c3)nc3c(/C=C4\NC(=O)NC4O)cnn23)c1. The van der Waals surface area contributed by atoms with Gasteiger partial charge in [-0.15, -0.1) is 0 Å². The van der Waals surface area contributed by atoms with Gasteiger partial charge in [0.05, 0.1) is 17.5 Å². The lowest BCUT2D eigenvalue weighted by Crippen LogP contribution is -2.25. The molecule has 12 heteroatoms. The van der Waals surface area contributed by atoms with E-state index in [0.717, 1.165) is 5.69 Å². The van der Waals surface area contributed by atoms with E-state index in [9.17, 15) is 14.7 Å². The van der Waals surface area contributed by atoms with Gasteiger partial charge in [-0.1, -0.05) is 23.7 Å². The lowest BCUT2D eigenvalue weighted by molar-refractivity contribution is 0.00695. The number of aliphatic hydroxyl groups is 1. The number of hydrogen-bond donors (Lipinski definition) is 5. The molecule has 11 nitrogen and oxygen atoms in total. The molecule has 5 rings (SSSR count). The van der Waals surface area contributed by atoms with Crippen LogP contribution in [0.15, 0.2) is 66.5 Å². The van der Waals surface area contributed by atoms with Crippen LogP contribution in [0, 0.1) is 0 Å². The highest BCUT2D eigenvalue weighted by Crippen LogP contribution is 2.27. The molecule has 2 amide bonds. The molecule has 1 aliphatic rings. The molecule has 0 saturated carbocycles. The van der Waals surface area contributed by atoms with E-state index < -0.39 is 23.8 Å².